The molecule has 0 amide bonds. The molecule has 0 bridgehead atoms. The zero-order chi connectivity index (χ0) is 12.7. The van der Waals surface area contributed by atoms with Crippen molar-refractivity contribution in [2.75, 3.05) is 0 Å². The van der Waals surface area contributed by atoms with Crippen LogP contribution in [0.5, 0.6) is 0 Å². The van der Waals surface area contributed by atoms with Crippen LogP contribution >= 0.6 is 0 Å². The Morgan fingerprint density at radius 1 is 1.06 bits per heavy atom. The molecule has 0 radical (unpaired) electrons. The van der Waals surface area contributed by atoms with Crippen LogP contribution in [0.4, 0.5) is 0 Å². The third-order valence-corrected chi connectivity index (χ3v) is 3.73. The minimum Gasteiger partial charge on any atom is -0.744 e. The zero-order valence-electron chi connectivity index (χ0n) is 11.2. The Bertz CT molecular complexity index is 443. The van der Waals surface area contributed by atoms with E-state index in [0.29, 0.717) is 12.0 Å². The van der Waals surface area contributed by atoms with Crippen LogP contribution in [0, 0.1) is 0 Å². The van der Waals surface area contributed by atoms with Gasteiger partial charge in [-0.25, -0.2) is 8.42 Å². The van der Waals surface area contributed by atoms with E-state index in [1.165, 1.54) is 25.3 Å². The summed E-state index contributed by atoms with van der Waals surface area (Å²) in [6.07, 6.45) is 6.25. The van der Waals surface area contributed by atoms with E-state index in [4.69, 9.17) is 0 Å². The summed E-state index contributed by atoms with van der Waals surface area (Å²) in [6, 6.07) is 6.48. The molecule has 5 heteroatoms. The Morgan fingerprint density at radius 2 is 1.67 bits per heavy atom. The van der Waals surface area contributed by atoms with Crippen LogP contribution in [0.25, 0.3) is 0 Å². The van der Waals surface area contributed by atoms with Crippen LogP contribution in [-0.2, 0) is 16.5 Å². The van der Waals surface area contributed by atoms with Crippen LogP contribution in [0.3, 0.4) is 0 Å². The fraction of sp³-hybridized carbons (Fsp3) is 0.538. The third kappa shape index (κ3) is 6.06. The largest absolute Gasteiger partial charge is 1.00 e. The number of hydrogen-bond acceptors (Lipinski definition) is 3. The molecule has 0 aliphatic rings. The molecule has 0 aliphatic carbocycles. The second-order valence-corrected chi connectivity index (χ2v) is 5.57. The number of rotatable bonds is 7. The van der Waals surface area contributed by atoms with Gasteiger partial charge in [-0.05, 0) is 24.5 Å². The first-order valence-electron chi connectivity index (χ1n) is 6.09. The summed E-state index contributed by atoms with van der Waals surface area (Å²) in [4.78, 5) is -0.0597. The molecule has 0 saturated heterocycles. The molecule has 1 rings (SSSR count). The van der Waals surface area contributed by atoms with Gasteiger partial charge in [-0.15, -0.1) is 0 Å². The predicted octanol–water partition coefficient (Wildman–Crippen LogP) is 0.108. The summed E-state index contributed by atoms with van der Waals surface area (Å²) >= 11 is 0. The quantitative estimate of drug-likeness (QED) is 0.398. The molecular weight excluding hydrogens is 243 g/mol. The predicted molar refractivity (Wildman–Crippen MR) is 66.9 cm³/mol. The van der Waals surface area contributed by atoms with Gasteiger partial charge in [0.25, 0.3) is 0 Å². The molecule has 0 aliphatic heterocycles. The zero-order valence-corrected chi connectivity index (χ0v) is 12.0. The molecule has 0 aromatic heterocycles. The number of hydrogen-bond donors (Lipinski definition) is 0. The molecule has 3 nitrogen and oxygen atoms in total. The van der Waals surface area contributed by atoms with Gasteiger partial charge < -0.3 is 4.55 Å². The van der Waals surface area contributed by atoms with Crippen molar-refractivity contribution in [1.29, 1.82) is 0 Å². The van der Waals surface area contributed by atoms with E-state index in [1.54, 1.807) is 18.2 Å². The van der Waals surface area contributed by atoms with Crippen LogP contribution in [0.1, 0.15) is 44.6 Å². The summed E-state index contributed by atoms with van der Waals surface area (Å²) in [7, 11) is -4.33. The van der Waals surface area contributed by atoms with Crippen LogP contribution in [0.2, 0.25) is 0 Å². The first-order valence-corrected chi connectivity index (χ1v) is 7.50. The van der Waals surface area contributed by atoms with Gasteiger partial charge in [-0.2, -0.15) is 0 Å². The van der Waals surface area contributed by atoms with Gasteiger partial charge in [0.05, 0.1) is 4.90 Å². The molecule has 96 valence electrons. The van der Waals surface area contributed by atoms with E-state index in [1.807, 2.05) is 0 Å². The summed E-state index contributed by atoms with van der Waals surface area (Å²) in [5.41, 5.74) is 0.652. The number of benzene rings is 1. The minimum absolute atomic E-state index is 0. The average Bonchev–Trinajstić information content (AvgIpc) is 2.28. The van der Waals surface area contributed by atoms with E-state index in [9.17, 15) is 13.0 Å². The van der Waals surface area contributed by atoms with Crippen molar-refractivity contribution in [3.63, 3.8) is 0 Å². The molecule has 0 unspecified atom stereocenters. The van der Waals surface area contributed by atoms with Crippen molar-refractivity contribution in [3.05, 3.63) is 29.8 Å². The van der Waals surface area contributed by atoms with Crippen molar-refractivity contribution in [1.82, 2.24) is 0 Å². The van der Waals surface area contributed by atoms with Gasteiger partial charge in [0.1, 0.15) is 10.1 Å². The van der Waals surface area contributed by atoms with Gasteiger partial charge in [-0.1, -0.05) is 50.8 Å². The van der Waals surface area contributed by atoms with Crippen LogP contribution in [-0.4, -0.2) is 13.0 Å². The molecule has 0 N–H and O–H groups in total. The Balaban J connectivity index is 0.00000289. The second-order valence-electron chi connectivity index (χ2n) is 4.23. The number of aryl methyl sites for hydroxylation is 1. The Morgan fingerprint density at radius 3 is 2.28 bits per heavy atom. The SMILES string of the molecule is CCCCCCCc1ccccc1S(=O)(=O)[O-].[Li+]. The maximum atomic E-state index is 11.0. The van der Waals surface area contributed by atoms with Gasteiger partial charge in [0.15, 0.2) is 0 Å². The fourth-order valence-electron chi connectivity index (χ4n) is 1.87. The van der Waals surface area contributed by atoms with Crippen molar-refractivity contribution in [3.8, 4) is 0 Å². The molecule has 0 atom stereocenters. The van der Waals surface area contributed by atoms with Crippen LogP contribution in [0.15, 0.2) is 29.2 Å². The van der Waals surface area contributed by atoms with Crippen molar-refractivity contribution in [2.45, 2.75) is 50.3 Å². The van der Waals surface area contributed by atoms with E-state index in [0.717, 1.165) is 12.8 Å². The third-order valence-electron chi connectivity index (χ3n) is 2.79. The van der Waals surface area contributed by atoms with Gasteiger partial charge >= 0.3 is 18.9 Å². The maximum Gasteiger partial charge on any atom is 1.00 e. The molecule has 18 heavy (non-hydrogen) atoms. The molecule has 1 aromatic rings. The van der Waals surface area contributed by atoms with E-state index >= 15 is 0 Å². The molecule has 0 saturated carbocycles. The second kappa shape index (κ2) is 8.76. The first-order chi connectivity index (χ1) is 8.05. The average molecular weight is 262 g/mol. The summed E-state index contributed by atoms with van der Waals surface area (Å²) in [5.74, 6) is 0. The summed E-state index contributed by atoms with van der Waals surface area (Å²) < 4.78 is 33.1. The van der Waals surface area contributed by atoms with Crippen molar-refractivity contribution in [2.24, 2.45) is 0 Å². The normalized spacial score (nSPS) is 11.0. The van der Waals surface area contributed by atoms with Gasteiger partial charge in [0.2, 0.25) is 0 Å². The molecular formula is C13H19LiO3S. The van der Waals surface area contributed by atoms with Crippen molar-refractivity contribution >= 4 is 10.1 Å². The fourth-order valence-corrected chi connectivity index (χ4v) is 2.61. The smallest absolute Gasteiger partial charge is 0.744 e. The maximum absolute atomic E-state index is 11.0. The Hall–Kier alpha value is -0.273. The Labute approximate surface area is 122 Å². The standard InChI is InChI=1S/C13H20O3S.Li/c1-2-3-4-5-6-9-12-10-7-8-11-13(12)17(14,15)16;/h7-8,10-11H,2-6,9H2,1H3,(H,14,15,16);/q;+1/p-1. The van der Waals surface area contributed by atoms with Crippen molar-refractivity contribution < 1.29 is 31.8 Å². The topological polar surface area (TPSA) is 57.2 Å². The van der Waals surface area contributed by atoms with E-state index < -0.39 is 10.1 Å². The van der Waals surface area contributed by atoms with Gasteiger partial charge in [-0.3, -0.25) is 0 Å². The molecule has 1 aromatic carbocycles. The minimum atomic E-state index is -4.33. The van der Waals surface area contributed by atoms with E-state index in [-0.39, 0.29) is 23.8 Å². The summed E-state index contributed by atoms with van der Waals surface area (Å²) in [6.45, 7) is 2.15. The van der Waals surface area contributed by atoms with E-state index in [2.05, 4.69) is 6.92 Å². The monoisotopic (exact) mass is 262 g/mol. The Kier molecular flexibility index (Phi) is 8.63. The molecule has 0 fully saturated rings. The number of unbranched alkanes of at least 4 members (excludes halogenated alkanes) is 4. The summed E-state index contributed by atoms with van der Waals surface area (Å²) in [5, 5.41) is 0. The first kappa shape index (κ1) is 17.7. The van der Waals surface area contributed by atoms with Gasteiger partial charge in [0, 0.05) is 0 Å². The molecule has 0 spiro atoms. The molecule has 0 heterocycles. The van der Waals surface area contributed by atoms with Crippen LogP contribution < -0.4 is 18.9 Å².